The fraction of sp³-hybridized carbons (Fsp3) is 0.364. The molecule has 1 aromatic rings. The Kier molecular flexibility index (Phi) is 3.99. The minimum absolute atomic E-state index is 0.00706. The van der Waals surface area contributed by atoms with Crippen molar-refractivity contribution in [2.75, 3.05) is 11.9 Å². The molecule has 0 bridgehead atoms. The van der Waals surface area contributed by atoms with Gasteiger partial charge in [0.2, 0.25) is 5.91 Å². The fourth-order valence-corrected chi connectivity index (χ4v) is 1.24. The first-order valence-corrected chi connectivity index (χ1v) is 5.02. The second kappa shape index (κ2) is 5.25. The van der Waals surface area contributed by atoms with E-state index >= 15 is 0 Å². The number of rotatable bonds is 4. The third-order valence-corrected chi connectivity index (χ3v) is 2.19. The summed E-state index contributed by atoms with van der Waals surface area (Å²) < 4.78 is 0. The van der Waals surface area contributed by atoms with Crippen LogP contribution in [0.25, 0.3) is 0 Å². The van der Waals surface area contributed by atoms with Crippen molar-refractivity contribution in [3.63, 3.8) is 0 Å². The lowest BCUT2D eigenvalue weighted by atomic mass is 10.2. The lowest BCUT2D eigenvalue weighted by Crippen LogP contribution is -2.25. The number of carbonyl (C=O) groups is 2. The van der Waals surface area contributed by atoms with Gasteiger partial charge >= 0.3 is 5.97 Å². The molecule has 1 rings (SSSR count). The van der Waals surface area contributed by atoms with Crippen LogP contribution in [-0.2, 0) is 4.79 Å². The maximum Gasteiger partial charge on any atom is 0.354 e. The molecular weight excluding hydrogens is 208 g/mol. The van der Waals surface area contributed by atoms with E-state index in [1.165, 1.54) is 17.2 Å². The fourth-order valence-electron chi connectivity index (χ4n) is 1.24. The Bertz CT molecular complexity index is 387. The van der Waals surface area contributed by atoms with Crippen LogP contribution in [0.5, 0.6) is 0 Å². The van der Waals surface area contributed by atoms with Crippen molar-refractivity contribution in [3.05, 3.63) is 24.0 Å². The molecule has 5 heteroatoms. The first-order valence-electron chi connectivity index (χ1n) is 5.02. The first-order chi connectivity index (χ1) is 7.56. The summed E-state index contributed by atoms with van der Waals surface area (Å²) in [5.74, 6) is -1.08. The molecule has 1 N–H and O–H groups in total. The highest BCUT2D eigenvalue weighted by molar-refractivity contribution is 5.93. The van der Waals surface area contributed by atoms with Crippen molar-refractivity contribution in [3.8, 4) is 0 Å². The van der Waals surface area contributed by atoms with Crippen molar-refractivity contribution in [2.45, 2.75) is 19.8 Å². The summed E-state index contributed by atoms with van der Waals surface area (Å²) in [5, 5.41) is 8.66. The van der Waals surface area contributed by atoms with Gasteiger partial charge in [-0.05, 0) is 18.6 Å². The van der Waals surface area contributed by atoms with Crippen LogP contribution in [0, 0.1) is 0 Å². The Hall–Kier alpha value is -1.91. The van der Waals surface area contributed by atoms with E-state index in [2.05, 4.69) is 4.98 Å². The SMILES string of the molecule is CCCC(=O)N(C)c1ccc(C(=O)O)nc1. The Morgan fingerprint density at radius 2 is 2.12 bits per heavy atom. The summed E-state index contributed by atoms with van der Waals surface area (Å²) in [7, 11) is 1.65. The van der Waals surface area contributed by atoms with Gasteiger partial charge in [0.15, 0.2) is 0 Å². The van der Waals surface area contributed by atoms with E-state index in [1.54, 1.807) is 13.1 Å². The smallest absolute Gasteiger partial charge is 0.354 e. The monoisotopic (exact) mass is 222 g/mol. The highest BCUT2D eigenvalue weighted by Crippen LogP contribution is 2.12. The number of hydrogen-bond donors (Lipinski definition) is 1. The van der Waals surface area contributed by atoms with Crippen molar-refractivity contribution >= 4 is 17.6 Å². The van der Waals surface area contributed by atoms with E-state index < -0.39 is 5.97 Å². The number of anilines is 1. The molecule has 0 aromatic carbocycles. The van der Waals surface area contributed by atoms with Crippen molar-refractivity contribution in [2.24, 2.45) is 0 Å². The summed E-state index contributed by atoms with van der Waals surface area (Å²) in [6, 6.07) is 2.96. The highest BCUT2D eigenvalue weighted by atomic mass is 16.4. The molecule has 0 aliphatic carbocycles. The molecule has 1 heterocycles. The number of amides is 1. The molecule has 0 atom stereocenters. The Balaban J connectivity index is 2.81. The number of aromatic carboxylic acids is 1. The number of nitrogens with zero attached hydrogens (tertiary/aromatic N) is 2. The van der Waals surface area contributed by atoms with Gasteiger partial charge in [-0.1, -0.05) is 6.92 Å². The third kappa shape index (κ3) is 2.79. The molecule has 0 aliphatic rings. The average Bonchev–Trinajstić information content (AvgIpc) is 2.28. The van der Waals surface area contributed by atoms with Gasteiger partial charge in [-0.25, -0.2) is 9.78 Å². The third-order valence-electron chi connectivity index (χ3n) is 2.19. The predicted octanol–water partition coefficient (Wildman–Crippen LogP) is 1.54. The number of carbonyl (C=O) groups excluding carboxylic acids is 1. The predicted molar refractivity (Wildman–Crippen MR) is 59.5 cm³/mol. The summed E-state index contributed by atoms with van der Waals surface area (Å²) in [5.41, 5.74) is 0.573. The summed E-state index contributed by atoms with van der Waals surface area (Å²) in [6.45, 7) is 1.93. The molecule has 0 saturated heterocycles. The standard InChI is InChI=1S/C11H14N2O3/c1-3-4-10(14)13(2)8-5-6-9(11(15)16)12-7-8/h5-7H,3-4H2,1-2H3,(H,15,16). The molecule has 86 valence electrons. The van der Waals surface area contributed by atoms with Gasteiger partial charge in [0, 0.05) is 13.5 Å². The van der Waals surface area contributed by atoms with Gasteiger partial charge in [0.05, 0.1) is 11.9 Å². The quantitative estimate of drug-likeness (QED) is 0.838. The second-order valence-electron chi connectivity index (χ2n) is 3.41. The average molecular weight is 222 g/mol. The van der Waals surface area contributed by atoms with E-state index in [4.69, 9.17) is 5.11 Å². The first kappa shape index (κ1) is 12.2. The van der Waals surface area contributed by atoms with E-state index in [-0.39, 0.29) is 11.6 Å². The Morgan fingerprint density at radius 3 is 2.56 bits per heavy atom. The molecule has 1 amide bonds. The molecule has 5 nitrogen and oxygen atoms in total. The minimum atomic E-state index is -1.07. The highest BCUT2D eigenvalue weighted by Gasteiger charge is 2.11. The van der Waals surface area contributed by atoms with Gasteiger partial charge in [-0.3, -0.25) is 4.79 Å². The maximum absolute atomic E-state index is 11.5. The maximum atomic E-state index is 11.5. The van der Waals surface area contributed by atoms with Crippen LogP contribution in [0.4, 0.5) is 5.69 Å². The molecule has 0 fully saturated rings. The largest absolute Gasteiger partial charge is 0.477 e. The molecule has 0 radical (unpaired) electrons. The van der Waals surface area contributed by atoms with Crippen LogP contribution in [-0.4, -0.2) is 29.0 Å². The van der Waals surface area contributed by atoms with Gasteiger partial charge in [0.25, 0.3) is 0 Å². The molecular formula is C11H14N2O3. The number of pyridine rings is 1. The number of hydrogen-bond acceptors (Lipinski definition) is 3. The van der Waals surface area contributed by atoms with Gasteiger partial charge in [0.1, 0.15) is 5.69 Å². The van der Waals surface area contributed by atoms with Crippen LogP contribution >= 0.6 is 0 Å². The number of carboxylic acids is 1. The topological polar surface area (TPSA) is 70.5 Å². The molecule has 0 unspecified atom stereocenters. The number of aromatic nitrogens is 1. The van der Waals surface area contributed by atoms with Gasteiger partial charge in [-0.15, -0.1) is 0 Å². The molecule has 0 spiro atoms. The zero-order valence-electron chi connectivity index (χ0n) is 9.30. The minimum Gasteiger partial charge on any atom is -0.477 e. The molecule has 0 aliphatic heterocycles. The van der Waals surface area contributed by atoms with Crippen LogP contribution in [0.3, 0.4) is 0 Å². The van der Waals surface area contributed by atoms with Gasteiger partial charge in [-0.2, -0.15) is 0 Å². The van der Waals surface area contributed by atoms with E-state index in [1.807, 2.05) is 6.92 Å². The normalized spacial score (nSPS) is 9.88. The van der Waals surface area contributed by atoms with Crippen molar-refractivity contribution in [1.82, 2.24) is 4.98 Å². The van der Waals surface area contributed by atoms with Crippen molar-refractivity contribution in [1.29, 1.82) is 0 Å². The lowest BCUT2D eigenvalue weighted by molar-refractivity contribution is -0.118. The molecule has 16 heavy (non-hydrogen) atoms. The number of carboxylic acid groups (broad SMARTS) is 1. The Labute approximate surface area is 93.7 Å². The summed E-state index contributed by atoms with van der Waals surface area (Å²) >= 11 is 0. The van der Waals surface area contributed by atoms with E-state index in [0.29, 0.717) is 12.1 Å². The zero-order valence-corrected chi connectivity index (χ0v) is 9.30. The van der Waals surface area contributed by atoms with Crippen LogP contribution in [0.15, 0.2) is 18.3 Å². The molecule has 0 saturated carbocycles. The van der Waals surface area contributed by atoms with E-state index in [9.17, 15) is 9.59 Å². The molecule has 1 aromatic heterocycles. The lowest BCUT2D eigenvalue weighted by Gasteiger charge is -2.16. The zero-order chi connectivity index (χ0) is 12.1. The summed E-state index contributed by atoms with van der Waals surface area (Å²) in [6.07, 6.45) is 2.64. The van der Waals surface area contributed by atoms with Gasteiger partial charge < -0.3 is 10.0 Å². The second-order valence-corrected chi connectivity index (χ2v) is 3.41. The summed E-state index contributed by atoms with van der Waals surface area (Å²) in [4.78, 5) is 27.3. The van der Waals surface area contributed by atoms with Crippen molar-refractivity contribution < 1.29 is 14.7 Å². The van der Waals surface area contributed by atoms with Crippen LogP contribution in [0.1, 0.15) is 30.3 Å². The van der Waals surface area contributed by atoms with E-state index in [0.717, 1.165) is 6.42 Å². The van der Waals surface area contributed by atoms with Crippen LogP contribution < -0.4 is 4.90 Å². The Morgan fingerprint density at radius 1 is 1.44 bits per heavy atom. The van der Waals surface area contributed by atoms with Crippen LogP contribution in [0.2, 0.25) is 0 Å².